The Morgan fingerprint density at radius 1 is 1.50 bits per heavy atom. The average molecular weight is 245 g/mol. The van der Waals surface area contributed by atoms with Gasteiger partial charge >= 0.3 is 0 Å². The predicted octanol–water partition coefficient (Wildman–Crippen LogP) is 2.40. The van der Waals surface area contributed by atoms with Crippen LogP contribution < -0.4 is 0 Å². The summed E-state index contributed by atoms with van der Waals surface area (Å²) in [5.41, 5.74) is 0. The Balaban J connectivity index is 2.43. The summed E-state index contributed by atoms with van der Waals surface area (Å²) in [6, 6.07) is 3.87. The summed E-state index contributed by atoms with van der Waals surface area (Å²) in [7, 11) is 0. The standard InChI is InChI=1S/C7H5BrN2OS/c8-6-1-2-7(12-6)10-4-5(11)3-9-10/h1-4,11H. The van der Waals surface area contributed by atoms with Gasteiger partial charge in [0.2, 0.25) is 0 Å². The molecular formula is C7H5BrN2OS. The van der Waals surface area contributed by atoms with Crippen LogP contribution in [0.15, 0.2) is 28.3 Å². The molecule has 0 radical (unpaired) electrons. The van der Waals surface area contributed by atoms with Crippen LogP contribution in [0, 0.1) is 0 Å². The molecule has 2 aromatic heterocycles. The van der Waals surface area contributed by atoms with Crippen LogP contribution in [0.1, 0.15) is 0 Å². The minimum Gasteiger partial charge on any atom is -0.505 e. The van der Waals surface area contributed by atoms with Crippen LogP contribution >= 0.6 is 27.3 Å². The number of halogens is 1. The fraction of sp³-hybridized carbons (Fsp3) is 0. The van der Waals surface area contributed by atoms with Gasteiger partial charge in [-0.05, 0) is 28.1 Å². The number of hydrogen-bond acceptors (Lipinski definition) is 3. The lowest BCUT2D eigenvalue weighted by atomic mass is 10.6. The second-order valence-corrected chi connectivity index (χ2v) is 4.66. The van der Waals surface area contributed by atoms with Crippen molar-refractivity contribution < 1.29 is 5.11 Å². The molecule has 0 aliphatic heterocycles. The maximum Gasteiger partial charge on any atom is 0.153 e. The van der Waals surface area contributed by atoms with Gasteiger partial charge in [-0.25, -0.2) is 4.68 Å². The van der Waals surface area contributed by atoms with E-state index >= 15 is 0 Å². The average Bonchev–Trinajstić information content (AvgIpc) is 2.58. The Hall–Kier alpha value is -0.810. The van der Waals surface area contributed by atoms with Gasteiger partial charge in [-0.1, -0.05) is 0 Å². The van der Waals surface area contributed by atoms with Crippen LogP contribution in [0.2, 0.25) is 0 Å². The molecule has 0 aliphatic carbocycles. The highest BCUT2D eigenvalue weighted by atomic mass is 79.9. The summed E-state index contributed by atoms with van der Waals surface area (Å²) in [6.45, 7) is 0. The monoisotopic (exact) mass is 244 g/mol. The van der Waals surface area contributed by atoms with Crippen LogP contribution in [-0.2, 0) is 0 Å². The van der Waals surface area contributed by atoms with E-state index in [9.17, 15) is 0 Å². The van der Waals surface area contributed by atoms with Gasteiger partial charge in [0.05, 0.1) is 16.2 Å². The van der Waals surface area contributed by atoms with E-state index in [4.69, 9.17) is 5.11 Å². The summed E-state index contributed by atoms with van der Waals surface area (Å²) in [5.74, 6) is 0.180. The molecule has 0 aliphatic rings. The number of hydrogen-bond donors (Lipinski definition) is 1. The van der Waals surface area contributed by atoms with E-state index in [1.165, 1.54) is 6.20 Å². The van der Waals surface area contributed by atoms with Crippen molar-refractivity contribution in [1.82, 2.24) is 9.78 Å². The highest BCUT2D eigenvalue weighted by Crippen LogP contribution is 2.25. The maximum absolute atomic E-state index is 9.03. The third-order valence-electron chi connectivity index (χ3n) is 1.35. The molecule has 0 fully saturated rings. The van der Waals surface area contributed by atoms with E-state index in [-0.39, 0.29) is 5.75 Å². The van der Waals surface area contributed by atoms with Gasteiger partial charge in [-0.2, -0.15) is 5.10 Å². The second kappa shape index (κ2) is 2.91. The minimum atomic E-state index is 0.180. The van der Waals surface area contributed by atoms with Gasteiger partial charge in [0, 0.05) is 0 Å². The Morgan fingerprint density at radius 3 is 2.83 bits per heavy atom. The summed E-state index contributed by atoms with van der Waals surface area (Å²) >= 11 is 4.91. The van der Waals surface area contributed by atoms with E-state index < -0.39 is 0 Å². The smallest absolute Gasteiger partial charge is 0.153 e. The Labute approximate surface area is 81.4 Å². The van der Waals surface area contributed by atoms with Gasteiger partial charge in [0.15, 0.2) is 5.75 Å². The number of nitrogens with zero attached hydrogens (tertiary/aromatic N) is 2. The summed E-state index contributed by atoms with van der Waals surface area (Å²) in [6.07, 6.45) is 2.98. The van der Waals surface area contributed by atoms with Crippen LogP contribution in [0.4, 0.5) is 0 Å². The second-order valence-electron chi connectivity index (χ2n) is 2.22. The van der Waals surface area contributed by atoms with E-state index in [1.807, 2.05) is 12.1 Å². The fourth-order valence-corrected chi connectivity index (χ4v) is 2.16. The molecule has 0 amide bonds. The Kier molecular flexibility index (Phi) is 1.90. The van der Waals surface area contributed by atoms with Gasteiger partial charge in [0.25, 0.3) is 0 Å². The number of aromatic nitrogens is 2. The van der Waals surface area contributed by atoms with Crippen LogP contribution in [0.25, 0.3) is 5.00 Å². The zero-order valence-electron chi connectivity index (χ0n) is 5.94. The normalized spacial score (nSPS) is 10.4. The first-order valence-electron chi connectivity index (χ1n) is 3.25. The summed E-state index contributed by atoms with van der Waals surface area (Å²) in [5, 5.41) is 14.0. The van der Waals surface area contributed by atoms with Gasteiger partial charge in [-0.3, -0.25) is 0 Å². The number of thiophene rings is 1. The predicted molar refractivity (Wildman–Crippen MR) is 50.8 cm³/mol. The van der Waals surface area contributed by atoms with Gasteiger partial charge in [0.1, 0.15) is 5.00 Å². The largest absolute Gasteiger partial charge is 0.505 e. The summed E-state index contributed by atoms with van der Waals surface area (Å²) in [4.78, 5) is 0. The fourth-order valence-electron chi connectivity index (χ4n) is 0.862. The molecule has 2 aromatic rings. The molecule has 5 heteroatoms. The molecule has 0 bridgehead atoms. The van der Waals surface area contributed by atoms with Crippen molar-refractivity contribution in [3.05, 3.63) is 28.3 Å². The topological polar surface area (TPSA) is 38.1 Å². The van der Waals surface area contributed by atoms with Crippen LogP contribution in [0.3, 0.4) is 0 Å². The molecule has 3 nitrogen and oxygen atoms in total. The highest BCUT2D eigenvalue weighted by Gasteiger charge is 2.01. The van der Waals surface area contributed by atoms with Crippen molar-refractivity contribution in [3.8, 4) is 10.8 Å². The lowest BCUT2D eigenvalue weighted by Gasteiger charge is -1.91. The first-order valence-corrected chi connectivity index (χ1v) is 4.86. The molecule has 0 spiro atoms. The molecule has 62 valence electrons. The third kappa shape index (κ3) is 1.37. The van der Waals surface area contributed by atoms with E-state index in [2.05, 4.69) is 21.0 Å². The first kappa shape index (κ1) is 7.82. The number of rotatable bonds is 1. The lowest BCUT2D eigenvalue weighted by Crippen LogP contribution is -1.88. The molecule has 2 heterocycles. The van der Waals surface area contributed by atoms with Crippen LogP contribution in [0.5, 0.6) is 5.75 Å². The van der Waals surface area contributed by atoms with Crippen molar-refractivity contribution in [2.24, 2.45) is 0 Å². The lowest BCUT2D eigenvalue weighted by molar-refractivity contribution is 0.475. The van der Waals surface area contributed by atoms with Gasteiger partial charge < -0.3 is 5.11 Å². The first-order chi connectivity index (χ1) is 5.75. The molecule has 0 unspecified atom stereocenters. The summed E-state index contributed by atoms with van der Waals surface area (Å²) < 4.78 is 2.68. The molecule has 0 saturated carbocycles. The van der Waals surface area contributed by atoms with Crippen molar-refractivity contribution in [2.45, 2.75) is 0 Å². The quantitative estimate of drug-likeness (QED) is 0.837. The molecule has 1 N–H and O–H groups in total. The number of aromatic hydroxyl groups is 1. The van der Waals surface area contributed by atoms with Crippen molar-refractivity contribution in [1.29, 1.82) is 0 Å². The van der Waals surface area contributed by atoms with E-state index in [1.54, 1.807) is 22.2 Å². The highest BCUT2D eigenvalue weighted by molar-refractivity contribution is 9.11. The van der Waals surface area contributed by atoms with Crippen molar-refractivity contribution in [3.63, 3.8) is 0 Å². The zero-order chi connectivity index (χ0) is 8.55. The zero-order valence-corrected chi connectivity index (χ0v) is 8.34. The molecule has 2 rings (SSSR count). The minimum absolute atomic E-state index is 0.180. The van der Waals surface area contributed by atoms with Gasteiger partial charge in [-0.15, -0.1) is 11.3 Å². The molecule has 0 saturated heterocycles. The SMILES string of the molecule is Oc1cnn(-c2ccc(Br)s2)c1. The molecule has 0 aromatic carbocycles. The molecular weight excluding hydrogens is 240 g/mol. The van der Waals surface area contributed by atoms with Crippen LogP contribution in [-0.4, -0.2) is 14.9 Å². The van der Waals surface area contributed by atoms with Crippen molar-refractivity contribution >= 4 is 27.3 Å². The third-order valence-corrected chi connectivity index (χ3v) is 2.97. The van der Waals surface area contributed by atoms with E-state index in [0.717, 1.165) is 8.79 Å². The Bertz CT molecular complexity index is 357. The molecule has 0 atom stereocenters. The Morgan fingerprint density at radius 2 is 2.33 bits per heavy atom. The maximum atomic E-state index is 9.03. The molecule has 12 heavy (non-hydrogen) atoms. The van der Waals surface area contributed by atoms with Crippen molar-refractivity contribution in [2.75, 3.05) is 0 Å². The van der Waals surface area contributed by atoms with E-state index in [0.29, 0.717) is 0 Å².